The molecule has 228 valence electrons. The van der Waals surface area contributed by atoms with E-state index in [1.807, 2.05) is 49.4 Å². The Labute approximate surface area is 258 Å². The van der Waals surface area contributed by atoms with Gasteiger partial charge in [-0.25, -0.2) is 9.59 Å². The summed E-state index contributed by atoms with van der Waals surface area (Å²) in [5, 5.41) is 15.9. The number of esters is 1. The van der Waals surface area contributed by atoms with E-state index in [0.29, 0.717) is 36.6 Å². The van der Waals surface area contributed by atoms with Crippen LogP contribution in [0.4, 0.5) is 5.69 Å². The lowest BCUT2D eigenvalue weighted by molar-refractivity contribution is -0.137. The lowest BCUT2D eigenvalue weighted by Gasteiger charge is -2.18. The van der Waals surface area contributed by atoms with Gasteiger partial charge in [0.05, 0.1) is 17.9 Å². The van der Waals surface area contributed by atoms with Crippen molar-refractivity contribution in [2.24, 2.45) is 5.92 Å². The maximum Gasteiger partial charge on any atom is 0.343 e. The summed E-state index contributed by atoms with van der Waals surface area (Å²) in [6.07, 6.45) is 2.35. The molecule has 0 saturated heterocycles. The maximum atomic E-state index is 12.6. The topological polar surface area (TPSA) is 114 Å². The molecule has 0 aliphatic heterocycles. The third kappa shape index (κ3) is 9.73. The van der Waals surface area contributed by atoms with Crippen molar-refractivity contribution in [1.82, 2.24) is 5.32 Å². The van der Waals surface area contributed by atoms with Crippen LogP contribution in [0.3, 0.4) is 0 Å². The molecule has 0 aromatic heterocycles. The molecule has 0 heterocycles. The fraction of sp³-hybridized carbons (Fsp3) is 0.250. The predicted octanol–water partition coefficient (Wildman–Crippen LogP) is 6.17. The highest BCUT2D eigenvalue weighted by atomic mass is 16.5. The van der Waals surface area contributed by atoms with Crippen LogP contribution in [0.15, 0.2) is 109 Å². The summed E-state index contributed by atoms with van der Waals surface area (Å²) < 4.78 is 11.4. The lowest BCUT2D eigenvalue weighted by Crippen LogP contribution is -2.32. The lowest BCUT2D eigenvalue weighted by atomic mass is 9.96. The summed E-state index contributed by atoms with van der Waals surface area (Å²) in [6.45, 7) is 2.99. The number of amides is 1. The highest BCUT2D eigenvalue weighted by Crippen LogP contribution is 2.26. The quantitative estimate of drug-likeness (QED) is 0.0808. The van der Waals surface area contributed by atoms with Crippen molar-refractivity contribution in [3.05, 3.63) is 126 Å². The number of ether oxygens (including phenoxy) is 2. The van der Waals surface area contributed by atoms with Crippen LogP contribution < -0.4 is 20.1 Å². The summed E-state index contributed by atoms with van der Waals surface area (Å²) >= 11 is 0. The van der Waals surface area contributed by atoms with E-state index >= 15 is 0 Å². The Bertz CT molecular complexity index is 1490. The molecule has 3 N–H and O–H groups in total. The first-order valence-corrected chi connectivity index (χ1v) is 14.8. The summed E-state index contributed by atoms with van der Waals surface area (Å²) in [7, 11) is 0. The number of carbonyl (C=O) groups excluding carboxylic acids is 2. The highest BCUT2D eigenvalue weighted by molar-refractivity contribution is 5.92. The van der Waals surface area contributed by atoms with Crippen LogP contribution in [0, 0.1) is 5.92 Å². The number of benzene rings is 4. The average molecular weight is 595 g/mol. The normalized spacial score (nSPS) is 12.0. The van der Waals surface area contributed by atoms with E-state index in [1.165, 1.54) is 0 Å². The van der Waals surface area contributed by atoms with Crippen LogP contribution in [0.5, 0.6) is 11.5 Å². The van der Waals surface area contributed by atoms with E-state index < -0.39 is 18.0 Å². The minimum atomic E-state index is -1.04. The molecule has 0 radical (unpaired) electrons. The molecule has 2 unspecified atom stereocenters. The maximum absolute atomic E-state index is 12.6. The van der Waals surface area contributed by atoms with Crippen molar-refractivity contribution in [1.29, 1.82) is 0 Å². The molecular weight excluding hydrogens is 556 g/mol. The van der Waals surface area contributed by atoms with Crippen molar-refractivity contribution in [2.75, 3.05) is 18.5 Å². The standard InChI is InChI=1S/C36H38N2O6/c1-2-28(24-26-12-5-3-6-13-26)34(39)37-22-11-23-43-30-20-18-27(19-21-30)25-32(35(40)41)38-31-16-9-10-17-33(31)44-36(42)29-14-7-4-8-15-29/h3-10,12-21,28,32,38H,2,11,22-25H2,1H3,(H,37,39)(H,40,41). The third-order valence-electron chi connectivity index (χ3n) is 7.17. The van der Waals surface area contributed by atoms with E-state index in [0.717, 1.165) is 24.0 Å². The predicted molar refractivity (Wildman–Crippen MR) is 170 cm³/mol. The van der Waals surface area contributed by atoms with Crippen molar-refractivity contribution in [3.8, 4) is 11.5 Å². The smallest absolute Gasteiger partial charge is 0.343 e. The van der Waals surface area contributed by atoms with Gasteiger partial charge in [0.1, 0.15) is 11.8 Å². The molecule has 44 heavy (non-hydrogen) atoms. The Morgan fingerprint density at radius 1 is 0.773 bits per heavy atom. The summed E-state index contributed by atoms with van der Waals surface area (Å²) in [6, 6.07) is 31.7. The molecule has 8 nitrogen and oxygen atoms in total. The first kappa shape index (κ1) is 31.8. The van der Waals surface area contributed by atoms with Crippen LogP contribution in [0.25, 0.3) is 0 Å². The van der Waals surface area contributed by atoms with Gasteiger partial charge in [-0.1, -0.05) is 79.7 Å². The van der Waals surface area contributed by atoms with Gasteiger partial charge in [0.25, 0.3) is 0 Å². The number of anilines is 1. The fourth-order valence-corrected chi connectivity index (χ4v) is 4.69. The molecule has 0 aliphatic carbocycles. The second-order valence-electron chi connectivity index (χ2n) is 10.4. The Kier molecular flexibility index (Phi) is 11.9. The van der Waals surface area contributed by atoms with Crippen molar-refractivity contribution < 1.29 is 29.0 Å². The van der Waals surface area contributed by atoms with Gasteiger partial charge < -0.3 is 25.2 Å². The number of hydrogen-bond donors (Lipinski definition) is 3. The van der Waals surface area contributed by atoms with E-state index in [2.05, 4.69) is 10.6 Å². The zero-order chi connectivity index (χ0) is 31.1. The van der Waals surface area contributed by atoms with Crippen LogP contribution in [-0.2, 0) is 22.4 Å². The van der Waals surface area contributed by atoms with Gasteiger partial charge in [0, 0.05) is 18.9 Å². The number of rotatable bonds is 16. The Morgan fingerprint density at radius 2 is 1.41 bits per heavy atom. The molecule has 4 aromatic rings. The molecule has 0 bridgehead atoms. The zero-order valence-corrected chi connectivity index (χ0v) is 24.8. The number of carbonyl (C=O) groups is 3. The summed E-state index contributed by atoms with van der Waals surface area (Å²) in [5.41, 5.74) is 2.75. The van der Waals surface area contributed by atoms with Crippen molar-refractivity contribution >= 4 is 23.5 Å². The van der Waals surface area contributed by atoms with Gasteiger partial charge in [-0.05, 0) is 66.8 Å². The number of nitrogens with one attached hydrogen (secondary N) is 2. The molecule has 0 spiro atoms. The molecule has 0 saturated carbocycles. The van der Waals surface area contributed by atoms with Gasteiger partial charge in [-0.3, -0.25) is 4.79 Å². The molecular formula is C36H38N2O6. The van der Waals surface area contributed by atoms with Crippen LogP contribution in [-0.4, -0.2) is 42.1 Å². The van der Waals surface area contributed by atoms with Crippen LogP contribution in [0.2, 0.25) is 0 Å². The molecule has 4 rings (SSSR count). The van der Waals surface area contributed by atoms with Gasteiger partial charge in [-0.2, -0.15) is 0 Å². The molecule has 1 amide bonds. The zero-order valence-electron chi connectivity index (χ0n) is 24.8. The molecule has 0 aliphatic rings. The molecule has 2 atom stereocenters. The van der Waals surface area contributed by atoms with Gasteiger partial charge in [0.2, 0.25) is 5.91 Å². The number of carboxylic acid groups (broad SMARTS) is 1. The van der Waals surface area contributed by atoms with E-state index in [1.54, 1.807) is 66.7 Å². The molecule has 8 heteroatoms. The third-order valence-corrected chi connectivity index (χ3v) is 7.17. The Hall–Kier alpha value is -5.11. The van der Waals surface area contributed by atoms with E-state index in [-0.39, 0.29) is 24.0 Å². The monoisotopic (exact) mass is 594 g/mol. The second kappa shape index (κ2) is 16.5. The number of carboxylic acids is 1. The Morgan fingerprint density at radius 3 is 2.09 bits per heavy atom. The van der Waals surface area contributed by atoms with Crippen molar-refractivity contribution in [3.63, 3.8) is 0 Å². The SMILES string of the molecule is CCC(Cc1ccccc1)C(=O)NCCCOc1ccc(CC(Nc2ccccc2OC(=O)c2ccccc2)C(=O)O)cc1. The van der Waals surface area contributed by atoms with Gasteiger partial charge >= 0.3 is 11.9 Å². The minimum absolute atomic E-state index is 0.0549. The second-order valence-corrected chi connectivity index (χ2v) is 10.4. The largest absolute Gasteiger partial charge is 0.494 e. The van der Waals surface area contributed by atoms with Crippen LogP contribution >= 0.6 is 0 Å². The Balaban J connectivity index is 1.24. The number of aliphatic carboxylic acids is 1. The minimum Gasteiger partial charge on any atom is -0.494 e. The highest BCUT2D eigenvalue weighted by Gasteiger charge is 2.21. The average Bonchev–Trinajstić information content (AvgIpc) is 3.05. The van der Waals surface area contributed by atoms with E-state index in [9.17, 15) is 19.5 Å². The summed E-state index contributed by atoms with van der Waals surface area (Å²) in [4.78, 5) is 37.3. The van der Waals surface area contributed by atoms with Gasteiger partial charge in [-0.15, -0.1) is 0 Å². The fourth-order valence-electron chi connectivity index (χ4n) is 4.69. The van der Waals surface area contributed by atoms with E-state index in [4.69, 9.17) is 9.47 Å². The molecule has 0 fully saturated rings. The number of hydrogen-bond acceptors (Lipinski definition) is 6. The first-order chi connectivity index (χ1) is 21.4. The molecule has 4 aromatic carbocycles. The van der Waals surface area contributed by atoms with Crippen molar-refractivity contribution in [2.45, 2.75) is 38.6 Å². The first-order valence-electron chi connectivity index (χ1n) is 14.8. The van der Waals surface area contributed by atoms with Crippen LogP contribution in [0.1, 0.15) is 41.3 Å². The summed E-state index contributed by atoms with van der Waals surface area (Å²) in [5.74, 6) is -0.668. The van der Waals surface area contributed by atoms with Gasteiger partial charge in [0.15, 0.2) is 5.75 Å². The number of para-hydroxylation sites is 2.